The molecule has 2 aliphatic rings. The van der Waals surface area contributed by atoms with E-state index >= 15 is 0 Å². The minimum Gasteiger partial charge on any atom is -0.372 e. The molecule has 1 aromatic rings. The summed E-state index contributed by atoms with van der Waals surface area (Å²) in [6.45, 7) is 3.85. The molecule has 0 bridgehead atoms. The zero-order chi connectivity index (χ0) is 23.5. The fourth-order valence-corrected chi connectivity index (χ4v) is 4.16. The third kappa shape index (κ3) is 6.24. The van der Waals surface area contributed by atoms with Gasteiger partial charge in [-0.2, -0.15) is 13.2 Å². The van der Waals surface area contributed by atoms with Crippen molar-refractivity contribution in [1.82, 2.24) is 15.5 Å². The Balaban J connectivity index is 1.56. The number of nitrogens with zero attached hydrogens (tertiary/aromatic N) is 2. The predicted molar refractivity (Wildman–Crippen MR) is 110 cm³/mol. The van der Waals surface area contributed by atoms with E-state index in [9.17, 15) is 27.2 Å². The SMILES string of the molecule is CC1CN(c2ccc(CNC(=O)N3CCCC3C(=O)NCC(F)(F)F)cc2F)CC(C)O1. The van der Waals surface area contributed by atoms with Crippen LogP contribution in [0.25, 0.3) is 0 Å². The standard InChI is InChI=1S/C21H28F4N4O3/c1-13-10-28(11-14(2)32-13)17-6-5-15(8-16(17)22)9-26-20(31)29-7-3-4-18(29)19(30)27-12-21(23,24)25/h5-6,8,13-14,18H,3-4,7,9-12H2,1-2H3,(H,26,31)(H,27,30). The van der Waals surface area contributed by atoms with Crippen LogP contribution in [-0.2, 0) is 16.1 Å². The van der Waals surface area contributed by atoms with Crippen molar-refractivity contribution in [1.29, 1.82) is 0 Å². The number of halogens is 4. The number of benzene rings is 1. The topological polar surface area (TPSA) is 73.9 Å². The summed E-state index contributed by atoms with van der Waals surface area (Å²) in [5, 5.41) is 4.45. The average Bonchev–Trinajstić information content (AvgIpc) is 3.19. The summed E-state index contributed by atoms with van der Waals surface area (Å²) in [4.78, 5) is 27.7. The molecule has 2 aliphatic heterocycles. The first kappa shape index (κ1) is 24.1. The highest BCUT2D eigenvalue weighted by Gasteiger charge is 2.36. The summed E-state index contributed by atoms with van der Waals surface area (Å²) in [7, 11) is 0. The number of carbonyl (C=O) groups is 2. The fraction of sp³-hybridized carbons (Fsp3) is 0.619. The molecule has 3 atom stereocenters. The van der Waals surface area contributed by atoms with Crippen molar-refractivity contribution < 1.29 is 31.9 Å². The molecule has 0 spiro atoms. The molecule has 2 N–H and O–H groups in total. The molecular weight excluding hydrogens is 432 g/mol. The van der Waals surface area contributed by atoms with Crippen molar-refractivity contribution in [2.45, 2.75) is 57.7 Å². The lowest BCUT2D eigenvalue weighted by Gasteiger charge is -2.37. The van der Waals surface area contributed by atoms with Crippen LogP contribution in [0.15, 0.2) is 18.2 Å². The van der Waals surface area contributed by atoms with Crippen LogP contribution in [-0.4, -0.2) is 67.4 Å². The Hall–Kier alpha value is -2.56. The van der Waals surface area contributed by atoms with Gasteiger partial charge in [-0.1, -0.05) is 6.07 Å². The number of morpholine rings is 1. The first-order chi connectivity index (χ1) is 15.0. The van der Waals surface area contributed by atoms with Crippen molar-refractivity contribution in [3.05, 3.63) is 29.6 Å². The molecule has 178 valence electrons. The molecule has 2 saturated heterocycles. The van der Waals surface area contributed by atoms with Gasteiger partial charge in [0.1, 0.15) is 18.4 Å². The Morgan fingerprint density at radius 1 is 1.16 bits per heavy atom. The van der Waals surface area contributed by atoms with E-state index in [4.69, 9.17) is 4.74 Å². The Morgan fingerprint density at radius 3 is 2.47 bits per heavy atom. The van der Waals surface area contributed by atoms with Gasteiger partial charge in [-0.15, -0.1) is 0 Å². The second-order valence-corrected chi connectivity index (χ2v) is 8.29. The fourth-order valence-electron chi connectivity index (χ4n) is 4.16. The van der Waals surface area contributed by atoms with Crippen LogP contribution >= 0.6 is 0 Å². The number of ether oxygens (including phenoxy) is 1. The molecule has 32 heavy (non-hydrogen) atoms. The molecule has 1 aromatic carbocycles. The number of hydrogen-bond acceptors (Lipinski definition) is 4. The van der Waals surface area contributed by atoms with E-state index < -0.39 is 36.5 Å². The summed E-state index contributed by atoms with van der Waals surface area (Å²) in [6.07, 6.45) is -3.75. The number of rotatable bonds is 5. The normalized spacial score (nSPS) is 23.9. The van der Waals surface area contributed by atoms with Crippen LogP contribution in [0.4, 0.5) is 28.0 Å². The molecule has 11 heteroatoms. The molecule has 0 radical (unpaired) electrons. The van der Waals surface area contributed by atoms with Crippen LogP contribution in [0.5, 0.6) is 0 Å². The molecule has 0 aromatic heterocycles. The van der Waals surface area contributed by atoms with E-state index in [0.717, 1.165) is 0 Å². The maximum atomic E-state index is 14.7. The van der Waals surface area contributed by atoms with Crippen LogP contribution in [0.2, 0.25) is 0 Å². The van der Waals surface area contributed by atoms with Crippen LogP contribution in [0, 0.1) is 5.82 Å². The summed E-state index contributed by atoms with van der Waals surface area (Å²) in [5.41, 5.74) is 0.995. The number of hydrogen-bond donors (Lipinski definition) is 2. The molecule has 7 nitrogen and oxygen atoms in total. The number of urea groups is 1. The number of carbonyl (C=O) groups excluding carboxylic acids is 2. The zero-order valence-corrected chi connectivity index (χ0v) is 18.0. The van der Waals surface area contributed by atoms with E-state index in [-0.39, 0.29) is 31.7 Å². The second-order valence-electron chi connectivity index (χ2n) is 8.29. The Bertz CT molecular complexity index is 826. The number of nitrogens with one attached hydrogen (secondary N) is 2. The predicted octanol–water partition coefficient (Wildman–Crippen LogP) is 2.79. The van der Waals surface area contributed by atoms with Gasteiger partial charge in [0, 0.05) is 26.2 Å². The van der Waals surface area contributed by atoms with E-state index in [0.29, 0.717) is 30.8 Å². The molecule has 3 unspecified atom stereocenters. The highest BCUT2D eigenvalue weighted by Crippen LogP contribution is 2.25. The smallest absolute Gasteiger partial charge is 0.372 e. The minimum atomic E-state index is -4.52. The van der Waals surface area contributed by atoms with Crippen molar-refractivity contribution in [3.8, 4) is 0 Å². The molecular formula is C21H28F4N4O3. The Kier molecular flexibility index (Phi) is 7.47. The van der Waals surface area contributed by atoms with Gasteiger partial charge in [-0.3, -0.25) is 4.79 Å². The molecule has 0 saturated carbocycles. The van der Waals surface area contributed by atoms with E-state index in [1.54, 1.807) is 12.1 Å². The molecule has 0 aliphatic carbocycles. The van der Waals surface area contributed by atoms with Gasteiger partial charge >= 0.3 is 12.2 Å². The minimum absolute atomic E-state index is 0.0150. The third-order valence-corrected chi connectivity index (χ3v) is 5.50. The first-order valence-electron chi connectivity index (χ1n) is 10.6. The van der Waals surface area contributed by atoms with Gasteiger partial charge < -0.3 is 25.2 Å². The lowest BCUT2D eigenvalue weighted by Crippen LogP contribution is -2.50. The first-order valence-corrected chi connectivity index (χ1v) is 10.6. The summed E-state index contributed by atoms with van der Waals surface area (Å²) in [6, 6.07) is 3.18. The van der Waals surface area contributed by atoms with Crippen LogP contribution < -0.4 is 15.5 Å². The van der Waals surface area contributed by atoms with Crippen LogP contribution in [0.1, 0.15) is 32.3 Å². The average molecular weight is 460 g/mol. The highest BCUT2D eigenvalue weighted by molar-refractivity contribution is 5.87. The van der Waals surface area contributed by atoms with Gasteiger partial charge in [0.15, 0.2) is 0 Å². The second kappa shape index (κ2) is 9.93. The quantitative estimate of drug-likeness (QED) is 0.663. The maximum absolute atomic E-state index is 14.7. The van der Waals surface area contributed by atoms with Crippen molar-refractivity contribution >= 4 is 17.6 Å². The third-order valence-electron chi connectivity index (χ3n) is 5.50. The van der Waals surface area contributed by atoms with E-state index in [2.05, 4.69) is 5.32 Å². The lowest BCUT2D eigenvalue weighted by molar-refractivity contribution is -0.140. The number of alkyl halides is 3. The van der Waals surface area contributed by atoms with Gasteiger partial charge in [0.25, 0.3) is 0 Å². The van der Waals surface area contributed by atoms with Crippen molar-refractivity contribution in [2.75, 3.05) is 31.1 Å². The number of anilines is 1. The van der Waals surface area contributed by atoms with Crippen molar-refractivity contribution in [3.63, 3.8) is 0 Å². The molecule has 2 fully saturated rings. The highest BCUT2D eigenvalue weighted by atomic mass is 19.4. The van der Waals surface area contributed by atoms with Gasteiger partial charge in [-0.05, 0) is 44.4 Å². The number of amides is 3. The summed E-state index contributed by atoms with van der Waals surface area (Å²) in [5.74, 6) is -1.25. The molecule has 3 amide bonds. The maximum Gasteiger partial charge on any atom is 0.405 e. The largest absolute Gasteiger partial charge is 0.405 e. The van der Waals surface area contributed by atoms with Gasteiger partial charge in [0.05, 0.1) is 17.9 Å². The number of likely N-dealkylation sites (tertiary alicyclic amines) is 1. The van der Waals surface area contributed by atoms with Crippen molar-refractivity contribution in [2.24, 2.45) is 0 Å². The Morgan fingerprint density at radius 2 is 1.84 bits per heavy atom. The molecule has 2 heterocycles. The molecule has 3 rings (SSSR count). The van der Waals surface area contributed by atoms with Gasteiger partial charge in [0.2, 0.25) is 5.91 Å². The lowest BCUT2D eigenvalue weighted by atomic mass is 10.1. The summed E-state index contributed by atoms with van der Waals surface area (Å²) < 4.78 is 57.4. The zero-order valence-electron chi connectivity index (χ0n) is 18.0. The van der Waals surface area contributed by atoms with E-state index in [1.165, 1.54) is 11.0 Å². The Labute approximate surface area is 184 Å². The van der Waals surface area contributed by atoms with Gasteiger partial charge in [-0.25, -0.2) is 9.18 Å². The van der Waals surface area contributed by atoms with Crippen LogP contribution in [0.3, 0.4) is 0 Å². The van der Waals surface area contributed by atoms with E-state index in [1.807, 2.05) is 24.1 Å². The monoisotopic (exact) mass is 460 g/mol. The summed E-state index contributed by atoms with van der Waals surface area (Å²) >= 11 is 0.